The van der Waals surface area contributed by atoms with Crippen LogP contribution in [0.25, 0.3) is 11.4 Å². The van der Waals surface area contributed by atoms with E-state index in [9.17, 15) is 9.59 Å². The second kappa shape index (κ2) is 11.1. The number of aryl methyl sites for hydroxylation is 2. The number of alkyl carbamates (subject to hydrolysis) is 1. The van der Waals surface area contributed by atoms with Crippen molar-refractivity contribution in [2.75, 3.05) is 11.9 Å². The summed E-state index contributed by atoms with van der Waals surface area (Å²) in [4.78, 5) is 38.5. The quantitative estimate of drug-likeness (QED) is 0.315. The second-order valence-corrected chi connectivity index (χ2v) is 9.55. The van der Waals surface area contributed by atoms with Crippen molar-refractivity contribution in [3.05, 3.63) is 72.1 Å². The number of aromatic nitrogens is 5. The molecule has 12 heteroatoms. The van der Waals surface area contributed by atoms with Crippen LogP contribution in [0.4, 0.5) is 16.6 Å². The van der Waals surface area contributed by atoms with Crippen LogP contribution in [0.5, 0.6) is 0 Å². The second-order valence-electron chi connectivity index (χ2n) is 9.55. The van der Waals surface area contributed by atoms with Crippen LogP contribution in [0.1, 0.15) is 48.6 Å². The first-order valence-corrected chi connectivity index (χ1v) is 12.0. The normalized spacial score (nSPS) is 12.0. The molecule has 4 aromatic rings. The van der Waals surface area contributed by atoms with Gasteiger partial charge in [-0.1, -0.05) is 30.3 Å². The van der Waals surface area contributed by atoms with Crippen LogP contribution in [0, 0.1) is 6.92 Å². The number of ether oxygens (including phenoxy) is 1. The molecule has 0 unspecified atom stereocenters. The lowest BCUT2D eigenvalue weighted by atomic mass is 10.1. The average molecular weight is 519 g/mol. The zero-order valence-corrected chi connectivity index (χ0v) is 21.8. The molecule has 1 aromatic carbocycles. The minimum Gasteiger partial charge on any atom is -0.444 e. The van der Waals surface area contributed by atoms with Crippen molar-refractivity contribution in [3.63, 3.8) is 0 Å². The first-order chi connectivity index (χ1) is 18.1. The summed E-state index contributed by atoms with van der Waals surface area (Å²) < 4.78 is 12.5. The molecular weight excluding hydrogens is 488 g/mol. The summed E-state index contributed by atoms with van der Waals surface area (Å²) in [5.41, 5.74) is 1.80. The molecule has 0 bridgehead atoms. The zero-order chi connectivity index (χ0) is 27.3. The Kier molecular flexibility index (Phi) is 7.70. The number of benzene rings is 1. The number of oxazole rings is 1. The summed E-state index contributed by atoms with van der Waals surface area (Å²) in [5.74, 6) is 0.376. The Balaban J connectivity index is 1.49. The highest BCUT2D eigenvalue weighted by molar-refractivity contribution is 5.90. The minimum atomic E-state index is -0.643. The van der Waals surface area contributed by atoms with Gasteiger partial charge in [0.1, 0.15) is 29.1 Å². The van der Waals surface area contributed by atoms with Crippen LogP contribution in [-0.4, -0.2) is 48.9 Å². The van der Waals surface area contributed by atoms with E-state index in [0.29, 0.717) is 23.2 Å². The van der Waals surface area contributed by atoms with Crippen LogP contribution in [0.2, 0.25) is 0 Å². The van der Waals surface area contributed by atoms with Crippen LogP contribution in [0.3, 0.4) is 0 Å². The topological polar surface area (TPSA) is 149 Å². The third-order valence-corrected chi connectivity index (χ3v) is 5.33. The summed E-state index contributed by atoms with van der Waals surface area (Å²) in [7, 11) is 1.80. The number of nitrogens with one attached hydrogen (secondary N) is 3. The number of rotatable bonds is 8. The molecule has 198 valence electrons. The van der Waals surface area contributed by atoms with E-state index in [1.165, 1.54) is 6.26 Å². The van der Waals surface area contributed by atoms with Crippen molar-refractivity contribution in [1.29, 1.82) is 0 Å². The molecule has 0 aliphatic rings. The van der Waals surface area contributed by atoms with Crippen molar-refractivity contribution >= 4 is 23.8 Å². The fourth-order valence-electron chi connectivity index (χ4n) is 3.52. The van der Waals surface area contributed by atoms with Gasteiger partial charge in [0.25, 0.3) is 5.89 Å². The number of carbonyl (C=O) groups excluding carboxylic acids is 2. The first-order valence-electron chi connectivity index (χ1n) is 12.0. The molecule has 12 nitrogen and oxygen atoms in total. The van der Waals surface area contributed by atoms with Gasteiger partial charge in [0.2, 0.25) is 5.95 Å². The summed E-state index contributed by atoms with van der Waals surface area (Å²) in [6.07, 6.45) is 4.10. The smallest absolute Gasteiger partial charge is 0.407 e. The maximum atomic E-state index is 13.1. The fraction of sp³-hybridized carbons (Fsp3) is 0.308. The summed E-state index contributed by atoms with van der Waals surface area (Å²) in [6, 6.07) is 10.5. The molecule has 4 rings (SSSR count). The number of carbonyl (C=O) groups is 2. The third kappa shape index (κ3) is 6.72. The van der Waals surface area contributed by atoms with Gasteiger partial charge < -0.3 is 25.1 Å². The number of nitrogens with zero attached hydrogens (tertiary/aromatic N) is 5. The Bertz CT molecular complexity index is 1410. The monoisotopic (exact) mass is 518 g/mol. The molecule has 0 spiro atoms. The lowest BCUT2D eigenvalue weighted by molar-refractivity contribution is 0.0519. The van der Waals surface area contributed by atoms with E-state index < -0.39 is 23.6 Å². The molecule has 3 heterocycles. The van der Waals surface area contributed by atoms with Crippen LogP contribution < -0.4 is 16.0 Å². The molecular formula is C26H30N8O4. The zero-order valence-electron chi connectivity index (χ0n) is 21.8. The Morgan fingerprint density at radius 2 is 1.89 bits per heavy atom. The Hall–Kier alpha value is -4.74. The predicted octanol–water partition coefficient (Wildman–Crippen LogP) is 3.91. The number of anilines is 2. The van der Waals surface area contributed by atoms with Gasteiger partial charge in [-0.15, -0.1) is 0 Å². The van der Waals surface area contributed by atoms with Crippen LogP contribution in [-0.2, 0) is 11.8 Å². The molecule has 1 atom stereocenters. The largest absolute Gasteiger partial charge is 0.444 e. The number of hydrogen-bond acceptors (Lipinski definition) is 9. The van der Waals surface area contributed by atoms with E-state index >= 15 is 0 Å². The lowest BCUT2D eigenvalue weighted by Crippen LogP contribution is -2.40. The van der Waals surface area contributed by atoms with E-state index in [0.717, 1.165) is 11.1 Å². The SMILES string of the molecule is Cc1cnc(Nc2ccnn2C)nc1-c1coc(C(=O)N[C@H](CNC(=O)OC(C)(C)C)c2ccccc2)n1. The van der Waals surface area contributed by atoms with Gasteiger partial charge in [0.15, 0.2) is 0 Å². The van der Waals surface area contributed by atoms with E-state index in [1.54, 1.807) is 51.0 Å². The maximum Gasteiger partial charge on any atom is 0.407 e. The van der Waals surface area contributed by atoms with Gasteiger partial charge >= 0.3 is 12.0 Å². The molecule has 0 aliphatic carbocycles. The van der Waals surface area contributed by atoms with Crippen molar-refractivity contribution in [2.24, 2.45) is 7.05 Å². The molecule has 38 heavy (non-hydrogen) atoms. The number of amides is 2. The Labute approximate surface area is 219 Å². The summed E-state index contributed by atoms with van der Waals surface area (Å²) >= 11 is 0. The van der Waals surface area contributed by atoms with Gasteiger partial charge in [-0.25, -0.2) is 19.7 Å². The standard InChI is InChI=1S/C26H30N8O4/c1-16-13-27-24(32-20-11-12-29-34(20)5)33-21(16)19-15-37-23(31-19)22(35)30-18(17-9-7-6-8-10-17)14-28-25(36)38-26(2,3)4/h6-13,15,18H,14H2,1-5H3,(H,28,36)(H,30,35)(H,27,32,33)/t18-/m1/s1. The molecule has 0 aliphatic heterocycles. The third-order valence-electron chi connectivity index (χ3n) is 5.33. The predicted molar refractivity (Wildman–Crippen MR) is 140 cm³/mol. The minimum absolute atomic E-state index is 0.103. The van der Waals surface area contributed by atoms with E-state index in [-0.39, 0.29) is 12.4 Å². The Morgan fingerprint density at radius 3 is 2.58 bits per heavy atom. The van der Waals surface area contributed by atoms with Gasteiger partial charge in [-0.2, -0.15) is 5.10 Å². The first kappa shape index (κ1) is 26.3. The summed E-state index contributed by atoms with van der Waals surface area (Å²) in [6.45, 7) is 7.28. The molecule has 0 radical (unpaired) electrons. The molecule has 0 fully saturated rings. The highest BCUT2D eigenvalue weighted by Gasteiger charge is 2.23. The lowest BCUT2D eigenvalue weighted by Gasteiger charge is -2.22. The van der Waals surface area contributed by atoms with E-state index in [4.69, 9.17) is 9.15 Å². The van der Waals surface area contributed by atoms with Crippen LogP contribution in [0.15, 0.2) is 59.5 Å². The highest BCUT2D eigenvalue weighted by Crippen LogP contribution is 2.23. The fourth-order valence-corrected chi connectivity index (χ4v) is 3.52. The molecule has 2 amide bonds. The van der Waals surface area contributed by atoms with Crippen molar-refractivity contribution in [2.45, 2.75) is 39.3 Å². The van der Waals surface area contributed by atoms with Crippen molar-refractivity contribution in [1.82, 2.24) is 35.4 Å². The van der Waals surface area contributed by atoms with Crippen molar-refractivity contribution < 1.29 is 18.7 Å². The maximum absolute atomic E-state index is 13.1. The molecule has 3 N–H and O–H groups in total. The van der Waals surface area contributed by atoms with E-state index in [2.05, 4.69) is 36.0 Å². The Morgan fingerprint density at radius 1 is 1.13 bits per heavy atom. The molecule has 0 saturated heterocycles. The summed E-state index contributed by atoms with van der Waals surface area (Å²) in [5, 5.41) is 12.8. The van der Waals surface area contributed by atoms with Crippen LogP contribution >= 0.6 is 0 Å². The van der Waals surface area contributed by atoms with Gasteiger partial charge in [0, 0.05) is 25.9 Å². The number of hydrogen-bond donors (Lipinski definition) is 3. The van der Waals surface area contributed by atoms with Crippen molar-refractivity contribution in [3.8, 4) is 11.4 Å². The van der Waals surface area contributed by atoms with E-state index in [1.807, 2.05) is 37.3 Å². The van der Waals surface area contributed by atoms with Gasteiger partial charge in [-0.3, -0.25) is 9.48 Å². The molecule has 0 saturated carbocycles. The van der Waals surface area contributed by atoms with Gasteiger partial charge in [-0.05, 0) is 38.8 Å². The highest BCUT2D eigenvalue weighted by atomic mass is 16.6. The average Bonchev–Trinajstić information content (AvgIpc) is 3.52. The molecule has 3 aromatic heterocycles. The van der Waals surface area contributed by atoms with Gasteiger partial charge in [0.05, 0.1) is 12.2 Å².